The van der Waals surface area contributed by atoms with Gasteiger partial charge < -0.3 is 20.3 Å². The summed E-state index contributed by atoms with van der Waals surface area (Å²) in [4.78, 5) is 27.0. The molecule has 1 unspecified atom stereocenters. The molecule has 2 aromatic rings. The molecule has 2 N–H and O–H groups in total. The third-order valence-corrected chi connectivity index (χ3v) is 5.15. The highest BCUT2D eigenvalue weighted by atomic mass is 16.5. The number of ether oxygens (including phenoxy) is 1. The Morgan fingerprint density at radius 1 is 1.21 bits per heavy atom. The van der Waals surface area contributed by atoms with Crippen molar-refractivity contribution in [2.45, 2.75) is 18.9 Å². The normalized spacial score (nSPS) is 20.0. The summed E-state index contributed by atoms with van der Waals surface area (Å²) in [6, 6.07) is 9.03. The Morgan fingerprint density at radius 3 is 2.86 bits per heavy atom. The minimum absolute atomic E-state index is 0.0477. The first-order chi connectivity index (χ1) is 13.7. The van der Waals surface area contributed by atoms with Crippen LogP contribution in [0.5, 0.6) is 0 Å². The van der Waals surface area contributed by atoms with Crippen molar-refractivity contribution < 1.29 is 14.3 Å². The van der Waals surface area contributed by atoms with Gasteiger partial charge in [0.15, 0.2) is 5.69 Å². The molecule has 2 fully saturated rings. The lowest BCUT2D eigenvalue weighted by Crippen LogP contribution is -2.40. The topological polar surface area (TPSA) is 88.5 Å². The highest BCUT2D eigenvalue weighted by Gasteiger charge is 2.20. The summed E-state index contributed by atoms with van der Waals surface area (Å²) in [5.74, 6) is -0.327. The third kappa shape index (κ3) is 4.23. The zero-order valence-corrected chi connectivity index (χ0v) is 15.8. The van der Waals surface area contributed by atoms with Gasteiger partial charge >= 0.3 is 0 Å². The number of morpholine rings is 1. The Kier molecular flexibility index (Phi) is 5.68. The van der Waals surface area contributed by atoms with Crippen LogP contribution in [-0.4, -0.2) is 65.9 Å². The molecule has 2 aliphatic heterocycles. The Morgan fingerprint density at radius 2 is 2.07 bits per heavy atom. The predicted octanol–water partition coefficient (Wildman–Crippen LogP) is 1.53. The highest BCUT2D eigenvalue weighted by molar-refractivity contribution is 6.03. The molecule has 3 heterocycles. The van der Waals surface area contributed by atoms with E-state index in [9.17, 15) is 9.59 Å². The molecule has 0 spiro atoms. The van der Waals surface area contributed by atoms with Gasteiger partial charge in [-0.1, -0.05) is 6.07 Å². The lowest BCUT2D eigenvalue weighted by atomic mass is 10.1. The molecule has 4 rings (SSSR count). The molecule has 0 bridgehead atoms. The Hall–Kier alpha value is -2.71. The first-order valence-electron chi connectivity index (χ1n) is 9.75. The van der Waals surface area contributed by atoms with Crippen LogP contribution in [0.15, 0.2) is 36.5 Å². The summed E-state index contributed by atoms with van der Waals surface area (Å²) in [5.41, 5.74) is 1.51. The maximum Gasteiger partial charge on any atom is 0.276 e. The van der Waals surface area contributed by atoms with E-state index in [1.54, 1.807) is 35.2 Å². The van der Waals surface area contributed by atoms with E-state index >= 15 is 0 Å². The second kappa shape index (κ2) is 8.53. The number of piperidine rings is 1. The molecule has 8 nitrogen and oxygen atoms in total. The van der Waals surface area contributed by atoms with Crippen LogP contribution in [0.2, 0.25) is 0 Å². The summed E-state index contributed by atoms with van der Waals surface area (Å²) >= 11 is 0. The average Bonchev–Trinajstić information content (AvgIpc) is 3.25. The van der Waals surface area contributed by atoms with Crippen LogP contribution < -0.4 is 10.6 Å². The number of aromatic nitrogens is 2. The summed E-state index contributed by atoms with van der Waals surface area (Å²) in [6.45, 7) is 4.19. The Bertz CT molecular complexity index is 838. The zero-order chi connectivity index (χ0) is 19.3. The molecule has 148 valence electrons. The number of carbonyl (C=O) groups is 2. The molecule has 0 saturated carbocycles. The number of nitrogens with zero attached hydrogens (tertiary/aromatic N) is 3. The number of amides is 2. The Balaban J connectivity index is 1.42. The molecule has 2 saturated heterocycles. The highest BCUT2D eigenvalue weighted by Crippen LogP contribution is 2.17. The minimum atomic E-state index is -0.279. The van der Waals surface area contributed by atoms with E-state index in [1.807, 2.05) is 10.9 Å². The predicted molar refractivity (Wildman–Crippen MR) is 104 cm³/mol. The molecule has 1 atom stereocenters. The maximum absolute atomic E-state index is 12.6. The fraction of sp³-hybridized carbons (Fsp3) is 0.450. The summed E-state index contributed by atoms with van der Waals surface area (Å²) in [6.07, 6.45) is 4.02. The van der Waals surface area contributed by atoms with Crippen molar-refractivity contribution in [2.75, 3.05) is 44.7 Å². The van der Waals surface area contributed by atoms with E-state index < -0.39 is 0 Å². The fourth-order valence-electron chi connectivity index (χ4n) is 3.60. The van der Waals surface area contributed by atoms with Gasteiger partial charge in [-0.05, 0) is 43.7 Å². The van der Waals surface area contributed by atoms with E-state index in [1.165, 1.54) is 0 Å². The van der Waals surface area contributed by atoms with Crippen molar-refractivity contribution in [2.24, 2.45) is 0 Å². The van der Waals surface area contributed by atoms with Gasteiger partial charge in [-0.3, -0.25) is 14.3 Å². The van der Waals surface area contributed by atoms with Gasteiger partial charge in [0.25, 0.3) is 11.8 Å². The van der Waals surface area contributed by atoms with E-state index in [4.69, 9.17) is 4.74 Å². The number of nitrogens with one attached hydrogen (secondary N) is 2. The van der Waals surface area contributed by atoms with Crippen LogP contribution in [0, 0.1) is 0 Å². The largest absolute Gasteiger partial charge is 0.378 e. The van der Waals surface area contributed by atoms with E-state index in [2.05, 4.69) is 15.7 Å². The summed E-state index contributed by atoms with van der Waals surface area (Å²) in [7, 11) is 0. The quantitative estimate of drug-likeness (QED) is 0.836. The minimum Gasteiger partial charge on any atom is -0.378 e. The first-order valence-corrected chi connectivity index (χ1v) is 9.75. The molecule has 0 radical (unpaired) electrons. The SMILES string of the molecule is O=C(Nc1cccc(C(=O)N2CCOCC2)c1)c1ccn(C2CCCNC2)n1. The third-order valence-electron chi connectivity index (χ3n) is 5.15. The molecule has 1 aromatic heterocycles. The molecule has 8 heteroatoms. The number of carbonyl (C=O) groups excluding carboxylic acids is 2. The molecule has 2 amide bonds. The second-order valence-corrected chi connectivity index (χ2v) is 7.12. The van der Waals surface area contributed by atoms with Crippen molar-refractivity contribution in [1.82, 2.24) is 20.0 Å². The number of benzene rings is 1. The van der Waals surface area contributed by atoms with E-state index in [0.717, 1.165) is 25.9 Å². The molecule has 0 aliphatic carbocycles. The fourth-order valence-corrected chi connectivity index (χ4v) is 3.60. The zero-order valence-electron chi connectivity index (χ0n) is 15.8. The van der Waals surface area contributed by atoms with Crippen LogP contribution in [0.25, 0.3) is 0 Å². The van der Waals surface area contributed by atoms with Crippen LogP contribution >= 0.6 is 0 Å². The van der Waals surface area contributed by atoms with Gasteiger partial charge in [0, 0.05) is 37.1 Å². The maximum atomic E-state index is 12.6. The standard InChI is InChI=1S/C20H25N5O3/c26-19(18-6-8-25(23-18)17-5-2-7-21-14-17)22-16-4-1-3-15(13-16)20(27)24-9-11-28-12-10-24/h1,3-4,6,8,13,17,21H,2,5,7,9-12,14H2,(H,22,26). The first kappa shape index (κ1) is 18.6. The molecular weight excluding hydrogens is 358 g/mol. The summed E-state index contributed by atoms with van der Waals surface area (Å²) in [5, 5.41) is 10.6. The van der Waals surface area contributed by atoms with Gasteiger partial charge in [-0.2, -0.15) is 5.10 Å². The Labute approximate surface area is 163 Å². The van der Waals surface area contributed by atoms with Crippen LogP contribution in [0.3, 0.4) is 0 Å². The molecular formula is C20H25N5O3. The number of rotatable bonds is 4. The van der Waals surface area contributed by atoms with Crippen LogP contribution in [-0.2, 0) is 4.74 Å². The van der Waals surface area contributed by atoms with Gasteiger partial charge in [-0.25, -0.2) is 0 Å². The van der Waals surface area contributed by atoms with Crippen LogP contribution in [0.1, 0.15) is 39.7 Å². The molecule has 2 aliphatic rings. The van der Waals surface area contributed by atoms with Gasteiger partial charge in [0.05, 0.1) is 19.3 Å². The van der Waals surface area contributed by atoms with Crippen molar-refractivity contribution in [3.05, 3.63) is 47.8 Å². The monoisotopic (exact) mass is 383 g/mol. The van der Waals surface area contributed by atoms with Crippen molar-refractivity contribution in [1.29, 1.82) is 0 Å². The lowest BCUT2D eigenvalue weighted by molar-refractivity contribution is 0.0303. The van der Waals surface area contributed by atoms with E-state index in [0.29, 0.717) is 43.2 Å². The number of hydrogen-bond acceptors (Lipinski definition) is 5. The molecule has 28 heavy (non-hydrogen) atoms. The summed E-state index contributed by atoms with van der Waals surface area (Å²) < 4.78 is 7.15. The van der Waals surface area contributed by atoms with Crippen LogP contribution in [0.4, 0.5) is 5.69 Å². The number of hydrogen-bond donors (Lipinski definition) is 2. The average molecular weight is 383 g/mol. The van der Waals surface area contributed by atoms with Gasteiger partial charge in [-0.15, -0.1) is 0 Å². The number of anilines is 1. The molecule has 1 aromatic carbocycles. The lowest BCUT2D eigenvalue weighted by Gasteiger charge is -2.27. The van der Waals surface area contributed by atoms with Gasteiger partial charge in [0.1, 0.15) is 0 Å². The van der Waals surface area contributed by atoms with Gasteiger partial charge in [0.2, 0.25) is 0 Å². The van der Waals surface area contributed by atoms with Crippen molar-refractivity contribution >= 4 is 17.5 Å². The smallest absolute Gasteiger partial charge is 0.276 e. The van der Waals surface area contributed by atoms with Crippen molar-refractivity contribution in [3.63, 3.8) is 0 Å². The van der Waals surface area contributed by atoms with E-state index in [-0.39, 0.29) is 17.9 Å². The van der Waals surface area contributed by atoms with Crippen molar-refractivity contribution in [3.8, 4) is 0 Å². The second-order valence-electron chi connectivity index (χ2n) is 7.12.